The highest BCUT2D eigenvalue weighted by molar-refractivity contribution is 5.14. The summed E-state index contributed by atoms with van der Waals surface area (Å²) < 4.78 is 6.64. The molecular formula is C8H12N4O. The van der Waals surface area contributed by atoms with Crippen LogP contribution in [0.5, 0.6) is 0 Å². The van der Waals surface area contributed by atoms with Gasteiger partial charge < -0.3 is 4.74 Å². The summed E-state index contributed by atoms with van der Waals surface area (Å²) in [6, 6.07) is 2.06. The van der Waals surface area contributed by atoms with Gasteiger partial charge in [-0.1, -0.05) is 5.21 Å². The minimum Gasteiger partial charge on any atom is -0.384 e. The van der Waals surface area contributed by atoms with Crippen LogP contribution in [0.15, 0.2) is 0 Å². The van der Waals surface area contributed by atoms with Crippen LogP contribution in [-0.4, -0.2) is 28.7 Å². The number of rotatable bonds is 4. The molecule has 0 bridgehead atoms. The molecule has 0 fully saturated rings. The second-order valence-electron chi connectivity index (χ2n) is 2.68. The lowest BCUT2D eigenvalue weighted by Crippen LogP contribution is -2.04. The quantitative estimate of drug-likeness (QED) is 0.657. The van der Waals surface area contributed by atoms with Crippen LogP contribution in [0.4, 0.5) is 0 Å². The topological polar surface area (TPSA) is 63.7 Å². The normalized spacial score (nSPS) is 9.92. The van der Waals surface area contributed by atoms with Crippen molar-refractivity contribution in [3.63, 3.8) is 0 Å². The molecule has 0 saturated carbocycles. The summed E-state index contributed by atoms with van der Waals surface area (Å²) in [5.74, 6) is 0. The van der Waals surface area contributed by atoms with Gasteiger partial charge in [-0.2, -0.15) is 5.26 Å². The van der Waals surface area contributed by atoms with Crippen molar-refractivity contribution in [3.8, 4) is 6.07 Å². The van der Waals surface area contributed by atoms with Gasteiger partial charge in [0.15, 0.2) is 0 Å². The van der Waals surface area contributed by atoms with E-state index >= 15 is 0 Å². The van der Waals surface area contributed by atoms with Crippen molar-refractivity contribution >= 4 is 0 Å². The van der Waals surface area contributed by atoms with E-state index in [9.17, 15) is 0 Å². The van der Waals surface area contributed by atoms with Gasteiger partial charge in [-0.25, -0.2) is 0 Å². The van der Waals surface area contributed by atoms with Crippen molar-refractivity contribution in [2.24, 2.45) is 7.05 Å². The fourth-order valence-electron chi connectivity index (χ4n) is 1.14. The number of methoxy groups -OCH3 is 1. The Balaban J connectivity index is 2.76. The lowest BCUT2D eigenvalue weighted by Gasteiger charge is -2.00. The predicted molar refractivity (Wildman–Crippen MR) is 45.9 cm³/mol. The van der Waals surface area contributed by atoms with Crippen LogP contribution in [-0.2, 0) is 24.6 Å². The molecule has 13 heavy (non-hydrogen) atoms. The molecule has 0 aliphatic carbocycles. The number of hydrogen-bond acceptors (Lipinski definition) is 4. The van der Waals surface area contributed by atoms with Crippen molar-refractivity contribution in [2.45, 2.75) is 12.8 Å². The number of ether oxygens (including phenoxy) is 1. The molecule has 1 heterocycles. The Morgan fingerprint density at radius 2 is 2.38 bits per heavy atom. The molecule has 5 nitrogen and oxygen atoms in total. The van der Waals surface area contributed by atoms with E-state index in [4.69, 9.17) is 10.00 Å². The largest absolute Gasteiger partial charge is 0.384 e. The third-order valence-corrected chi connectivity index (χ3v) is 1.81. The third kappa shape index (κ3) is 2.26. The van der Waals surface area contributed by atoms with Gasteiger partial charge >= 0.3 is 0 Å². The van der Waals surface area contributed by atoms with Gasteiger partial charge in [0.05, 0.1) is 30.5 Å². The van der Waals surface area contributed by atoms with E-state index in [-0.39, 0.29) is 0 Å². The van der Waals surface area contributed by atoms with Crippen LogP contribution in [0.2, 0.25) is 0 Å². The van der Waals surface area contributed by atoms with E-state index in [1.807, 2.05) is 7.05 Å². The van der Waals surface area contributed by atoms with Crippen LogP contribution in [0.1, 0.15) is 11.4 Å². The van der Waals surface area contributed by atoms with Gasteiger partial charge in [0.2, 0.25) is 0 Å². The minimum absolute atomic E-state index is 0.312. The highest BCUT2D eigenvalue weighted by Crippen LogP contribution is 2.05. The van der Waals surface area contributed by atoms with Crippen LogP contribution in [0.25, 0.3) is 0 Å². The van der Waals surface area contributed by atoms with Crippen LogP contribution in [0, 0.1) is 11.3 Å². The minimum atomic E-state index is 0.312. The molecule has 70 valence electrons. The standard InChI is InChI=1S/C8H12N4O/c1-12-8(4-6-13-2)7(3-5-9)10-11-12/h3-4,6H2,1-2H3. The maximum atomic E-state index is 8.52. The lowest BCUT2D eigenvalue weighted by atomic mass is 10.2. The average Bonchev–Trinajstić information content (AvgIpc) is 2.45. The Kier molecular flexibility index (Phi) is 3.41. The van der Waals surface area contributed by atoms with E-state index in [2.05, 4.69) is 16.4 Å². The summed E-state index contributed by atoms with van der Waals surface area (Å²) in [4.78, 5) is 0. The van der Waals surface area contributed by atoms with E-state index < -0.39 is 0 Å². The van der Waals surface area contributed by atoms with Crippen LogP contribution < -0.4 is 0 Å². The second-order valence-corrected chi connectivity index (χ2v) is 2.68. The summed E-state index contributed by atoms with van der Waals surface area (Å²) in [5, 5.41) is 16.3. The SMILES string of the molecule is COCCc1c(CC#N)nnn1C. The predicted octanol–water partition coefficient (Wildman–Crippen LogP) is 0.0701. The molecule has 5 heteroatoms. The molecule has 0 atom stereocenters. The zero-order chi connectivity index (χ0) is 9.68. The van der Waals surface area contributed by atoms with Crippen molar-refractivity contribution in [3.05, 3.63) is 11.4 Å². The smallest absolute Gasteiger partial charge is 0.1000 e. The van der Waals surface area contributed by atoms with Gasteiger partial charge in [-0.05, 0) is 0 Å². The van der Waals surface area contributed by atoms with E-state index in [1.54, 1.807) is 11.8 Å². The molecule has 0 N–H and O–H groups in total. The first-order chi connectivity index (χ1) is 6.29. The summed E-state index contributed by atoms with van der Waals surface area (Å²) in [6.45, 7) is 0.625. The zero-order valence-corrected chi connectivity index (χ0v) is 7.82. The van der Waals surface area contributed by atoms with Crippen molar-refractivity contribution < 1.29 is 4.74 Å². The van der Waals surface area contributed by atoms with Crippen LogP contribution >= 0.6 is 0 Å². The first kappa shape index (κ1) is 9.68. The van der Waals surface area contributed by atoms with Gasteiger partial charge in [-0.3, -0.25) is 4.68 Å². The molecule has 1 rings (SSSR count). The molecule has 0 aromatic carbocycles. The van der Waals surface area contributed by atoms with Crippen molar-refractivity contribution in [1.29, 1.82) is 5.26 Å². The maximum Gasteiger partial charge on any atom is 0.1000 e. The van der Waals surface area contributed by atoms with Crippen LogP contribution in [0.3, 0.4) is 0 Å². The Labute approximate surface area is 76.9 Å². The Hall–Kier alpha value is -1.41. The molecule has 1 aromatic heterocycles. The van der Waals surface area contributed by atoms with E-state index in [0.29, 0.717) is 13.0 Å². The highest BCUT2D eigenvalue weighted by atomic mass is 16.5. The molecule has 0 saturated heterocycles. The monoisotopic (exact) mass is 180 g/mol. The van der Waals surface area contributed by atoms with E-state index in [1.165, 1.54) is 0 Å². The number of aromatic nitrogens is 3. The summed E-state index contributed by atoms with van der Waals surface area (Å²) in [7, 11) is 3.46. The maximum absolute atomic E-state index is 8.52. The molecular weight excluding hydrogens is 168 g/mol. The fraction of sp³-hybridized carbons (Fsp3) is 0.625. The Morgan fingerprint density at radius 3 is 3.00 bits per heavy atom. The van der Waals surface area contributed by atoms with Gasteiger partial charge in [0, 0.05) is 20.6 Å². The molecule has 0 unspecified atom stereocenters. The Bertz CT molecular complexity index is 312. The molecule has 0 radical (unpaired) electrons. The van der Waals surface area contributed by atoms with Crippen molar-refractivity contribution in [2.75, 3.05) is 13.7 Å². The number of nitriles is 1. The summed E-state index contributed by atoms with van der Waals surface area (Å²) >= 11 is 0. The summed E-state index contributed by atoms with van der Waals surface area (Å²) in [6.07, 6.45) is 1.06. The van der Waals surface area contributed by atoms with Gasteiger partial charge in [-0.15, -0.1) is 5.10 Å². The van der Waals surface area contributed by atoms with Gasteiger partial charge in [0.25, 0.3) is 0 Å². The highest BCUT2D eigenvalue weighted by Gasteiger charge is 2.08. The van der Waals surface area contributed by atoms with Crippen molar-refractivity contribution in [1.82, 2.24) is 15.0 Å². The second kappa shape index (κ2) is 4.58. The molecule has 0 aliphatic rings. The van der Waals surface area contributed by atoms with Gasteiger partial charge in [0.1, 0.15) is 0 Å². The third-order valence-electron chi connectivity index (χ3n) is 1.81. The number of nitrogens with zero attached hydrogens (tertiary/aromatic N) is 4. The molecule has 0 amide bonds. The summed E-state index contributed by atoms with van der Waals surface area (Å²) in [5.41, 5.74) is 1.73. The molecule has 1 aromatic rings. The first-order valence-corrected chi connectivity index (χ1v) is 4.03. The van der Waals surface area contributed by atoms with E-state index in [0.717, 1.165) is 17.8 Å². The fourth-order valence-corrected chi connectivity index (χ4v) is 1.14. The number of hydrogen-bond donors (Lipinski definition) is 0. The zero-order valence-electron chi connectivity index (χ0n) is 7.82. The Morgan fingerprint density at radius 1 is 1.62 bits per heavy atom. The molecule has 0 spiro atoms. The lowest BCUT2D eigenvalue weighted by molar-refractivity contribution is 0.200. The average molecular weight is 180 g/mol. The number of aryl methyl sites for hydroxylation is 1. The first-order valence-electron chi connectivity index (χ1n) is 4.03. The molecule has 0 aliphatic heterocycles.